The van der Waals surface area contributed by atoms with Gasteiger partial charge >= 0.3 is 0 Å². The van der Waals surface area contributed by atoms with E-state index in [0.717, 1.165) is 37.6 Å². The van der Waals surface area contributed by atoms with Crippen LogP contribution < -0.4 is 0 Å². The monoisotopic (exact) mass is 209 g/mol. The fourth-order valence-corrected chi connectivity index (χ4v) is 2.91. The van der Waals surface area contributed by atoms with E-state index in [4.69, 9.17) is 0 Å². The molecule has 1 aliphatic carbocycles. The van der Waals surface area contributed by atoms with Crippen molar-refractivity contribution >= 4 is 5.78 Å². The summed E-state index contributed by atoms with van der Waals surface area (Å²) in [5.41, 5.74) is 0. The summed E-state index contributed by atoms with van der Waals surface area (Å²) in [6.07, 6.45) is 4.41. The lowest BCUT2D eigenvalue weighted by molar-refractivity contribution is -0.121. The van der Waals surface area contributed by atoms with E-state index in [-0.39, 0.29) is 0 Å². The zero-order chi connectivity index (χ0) is 10.8. The van der Waals surface area contributed by atoms with E-state index < -0.39 is 0 Å². The summed E-state index contributed by atoms with van der Waals surface area (Å²) in [4.78, 5) is 14.1. The lowest BCUT2D eigenvalue weighted by Gasteiger charge is -2.36. The van der Waals surface area contributed by atoms with Gasteiger partial charge in [0.1, 0.15) is 5.78 Å². The molecule has 1 saturated carbocycles. The Morgan fingerprint density at radius 1 is 1.27 bits per heavy atom. The summed E-state index contributed by atoms with van der Waals surface area (Å²) < 4.78 is 0. The highest BCUT2D eigenvalue weighted by molar-refractivity contribution is 5.83. The third kappa shape index (κ3) is 2.60. The number of rotatable bonds is 2. The number of likely N-dealkylation sites (tertiary alicyclic amines) is 1. The van der Waals surface area contributed by atoms with Gasteiger partial charge in [0.05, 0.1) is 0 Å². The molecule has 1 aliphatic heterocycles. The molecule has 0 bridgehead atoms. The highest BCUT2D eigenvalue weighted by atomic mass is 16.1. The van der Waals surface area contributed by atoms with Gasteiger partial charge in [-0.2, -0.15) is 0 Å². The van der Waals surface area contributed by atoms with E-state index >= 15 is 0 Å². The number of hydrogen-bond acceptors (Lipinski definition) is 2. The molecular formula is C13H23NO. The second kappa shape index (κ2) is 4.65. The molecule has 0 amide bonds. The Kier molecular flexibility index (Phi) is 3.45. The van der Waals surface area contributed by atoms with Crippen LogP contribution in [-0.2, 0) is 4.79 Å². The summed E-state index contributed by atoms with van der Waals surface area (Å²) >= 11 is 0. The quantitative estimate of drug-likeness (QED) is 0.695. The molecule has 15 heavy (non-hydrogen) atoms. The van der Waals surface area contributed by atoms with E-state index in [1.165, 1.54) is 19.5 Å². The zero-order valence-electron chi connectivity index (χ0n) is 10.0. The Morgan fingerprint density at radius 3 is 2.67 bits per heavy atom. The Labute approximate surface area is 93.0 Å². The summed E-state index contributed by atoms with van der Waals surface area (Å²) in [5.74, 6) is 2.54. The van der Waals surface area contributed by atoms with Crippen molar-refractivity contribution < 1.29 is 4.79 Å². The number of nitrogens with zero attached hydrogens (tertiary/aromatic N) is 1. The first kappa shape index (κ1) is 11.1. The maximum Gasteiger partial charge on any atom is 0.137 e. The number of ketones is 1. The van der Waals surface area contributed by atoms with Crippen LogP contribution in [-0.4, -0.2) is 30.3 Å². The maximum atomic E-state index is 11.6. The van der Waals surface area contributed by atoms with Gasteiger partial charge in [-0.25, -0.2) is 0 Å². The molecule has 0 N–H and O–H groups in total. The number of hydrogen-bond donors (Lipinski definition) is 0. The van der Waals surface area contributed by atoms with Crippen molar-refractivity contribution in [1.82, 2.24) is 4.90 Å². The van der Waals surface area contributed by atoms with Crippen molar-refractivity contribution in [1.29, 1.82) is 0 Å². The number of piperidine rings is 1. The van der Waals surface area contributed by atoms with Crippen LogP contribution in [0.4, 0.5) is 0 Å². The summed E-state index contributed by atoms with van der Waals surface area (Å²) in [7, 11) is 0. The molecule has 0 radical (unpaired) electrons. The van der Waals surface area contributed by atoms with Crippen LogP contribution in [0.15, 0.2) is 0 Å². The number of Topliss-reactive ketones (excluding diaryl/α,β-unsaturated/α-hetero) is 1. The summed E-state index contributed by atoms with van der Waals surface area (Å²) in [6, 6.07) is 0. The van der Waals surface area contributed by atoms with Crippen molar-refractivity contribution in [2.24, 2.45) is 17.8 Å². The topological polar surface area (TPSA) is 20.3 Å². The largest absolute Gasteiger partial charge is 0.302 e. The summed E-state index contributed by atoms with van der Waals surface area (Å²) in [5, 5.41) is 0. The molecule has 0 aromatic heterocycles. The van der Waals surface area contributed by atoms with Crippen molar-refractivity contribution in [3.8, 4) is 0 Å². The first-order valence-corrected chi connectivity index (χ1v) is 6.42. The van der Waals surface area contributed by atoms with Gasteiger partial charge < -0.3 is 4.90 Å². The number of carbonyl (C=O) groups excluding carboxylic acids is 1. The average Bonchev–Trinajstić information content (AvgIpc) is 2.59. The first-order chi connectivity index (χ1) is 7.16. The van der Waals surface area contributed by atoms with Crippen molar-refractivity contribution in [3.05, 3.63) is 0 Å². The van der Waals surface area contributed by atoms with Gasteiger partial charge in [-0.05, 0) is 37.6 Å². The molecule has 2 aliphatic rings. The van der Waals surface area contributed by atoms with Gasteiger partial charge in [0.15, 0.2) is 0 Å². The van der Waals surface area contributed by atoms with Crippen LogP contribution in [0.2, 0.25) is 0 Å². The third-order valence-corrected chi connectivity index (χ3v) is 4.33. The highest BCUT2D eigenvalue weighted by Gasteiger charge is 2.29. The van der Waals surface area contributed by atoms with E-state index in [1.807, 2.05) is 0 Å². The molecule has 86 valence electrons. The maximum absolute atomic E-state index is 11.6. The minimum Gasteiger partial charge on any atom is -0.302 e. The molecule has 2 nitrogen and oxygen atoms in total. The van der Waals surface area contributed by atoms with Crippen molar-refractivity contribution in [3.63, 3.8) is 0 Å². The van der Waals surface area contributed by atoms with E-state index in [9.17, 15) is 4.79 Å². The molecule has 0 spiro atoms. The van der Waals surface area contributed by atoms with Crippen LogP contribution in [0.1, 0.15) is 39.5 Å². The van der Waals surface area contributed by atoms with Gasteiger partial charge in [-0.15, -0.1) is 0 Å². The van der Waals surface area contributed by atoms with Gasteiger partial charge in [0.25, 0.3) is 0 Å². The van der Waals surface area contributed by atoms with Gasteiger partial charge in [0, 0.05) is 25.4 Å². The molecule has 2 heteroatoms. The zero-order valence-corrected chi connectivity index (χ0v) is 10.0. The Hall–Kier alpha value is -0.370. The number of carbonyl (C=O) groups is 1. The Morgan fingerprint density at radius 2 is 2.07 bits per heavy atom. The molecular weight excluding hydrogens is 186 g/mol. The van der Waals surface area contributed by atoms with E-state index in [0.29, 0.717) is 11.7 Å². The molecule has 2 fully saturated rings. The van der Waals surface area contributed by atoms with Crippen molar-refractivity contribution in [2.45, 2.75) is 39.5 Å². The minimum atomic E-state index is 0.366. The van der Waals surface area contributed by atoms with Crippen LogP contribution >= 0.6 is 0 Å². The molecule has 1 heterocycles. The Bertz CT molecular complexity index is 239. The van der Waals surface area contributed by atoms with Gasteiger partial charge in [-0.3, -0.25) is 4.79 Å². The van der Waals surface area contributed by atoms with Crippen LogP contribution in [0, 0.1) is 17.8 Å². The molecule has 3 atom stereocenters. The second-order valence-electron chi connectivity index (χ2n) is 5.56. The fourth-order valence-electron chi connectivity index (χ4n) is 2.91. The standard InChI is InChI=1S/C13H23NO/c1-10-6-7-14(8-11(10)2)9-12-4-3-5-13(12)15/h10-12H,3-9H2,1-2H3. The SMILES string of the molecule is CC1CCN(CC2CCCC2=O)CC1C. The van der Waals surface area contributed by atoms with Gasteiger partial charge in [0.2, 0.25) is 0 Å². The van der Waals surface area contributed by atoms with E-state index in [1.54, 1.807) is 0 Å². The van der Waals surface area contributed by atoms with Crippen LogP contribution in [0.25, 0.3) is 0 Å². The fraction of sp³-hybridized carbons (Fsp3) is 0.923. The van der Waals surface area contributed by atoms with Crippen molar-refractivity contribution in [2.75, 3.05) is 19.6 Å². The third-order valence-electron chi connectivity index (χ3n) is 4.33. The first-order valence-electron chi connectivity index (χ1n) is 6.42. The molecule has 0 aromatic carbocycles. The molecule has 0 aromatic rings. The lowest BCUT2D eigenvalue weighted by atomic mass is 9.88. The van der Waals surface area contributed by atoms with Gasteiger partial charge in [-0.1, -0.05) is 13.8 Å². The van der Waals surface area contributed by atoms with Crippen LogP contribution in [0.5, 0.6) is 0 Å². The molecule has 1 saturated heterocycles. The predicted molar refractivity (Wildman–Crippen MR) is 61.7 cm³/mol. The smallest absolute Gasteiger partial charge is 0.137 e. The molecule has 3 unspecified atom stereocenters. The summed E-state index contributed by atoms with van der Waals surface area (Å²) in [6.45, 7) is 8.13. The van der Waals surface area contributed by atoms with E-state index in [2.05, 4.69) is 18.7 Å². The predicted octanol–water partition coefficient (Wildman–Crippen LogP) is 2.33. The van der Waals surface area contributed by atoms with Crippen LogP contribution in [0.3, 0.4) is 0 Å². The second-order valence-corrected chi connectivity index (χ2v) is 5.56. The highest BCUT2D eigenvalue weighted by Crippen LogP contribution is 2.26. The Balaban J connectivity index is 1.82. The molecule has 2 rings (SSSR count). The minimum absolute atomic E-state index is 0.366. The normalized spacial score (nSPS) is 38.5. The average molecular weight is 209 g/mol. The lowest BCUT2D eigenvalue weighted by Crippen LogP contribution is -2.41.